The summed E-state index contributed by atoms with van der Waals surface area (Å²) in [6.45, 7) is 4.40. The zero-order chi connectivity index (χ0) is 42.5. The fourth-order valence-corrected chi connectivity index (χ4v) is 9.81. The number of hydrogen-bond donors (Lipinski definition) is 4. The van der Waals surface area contributed by atoms with E-state index in [-0.39, 0.29) is 25.3 Å². The standard InChI is InChI=1S/C42H59N5O11S/c1-28(48)57-24-35(58-29(2)49)26-59(54,55)25-33(20-32-13-8-12-31-11-6-7-14-36(31)32)42(53)47-22-34(44-27-47)21-37(43)41(52)45-38(19-30-9-4-3-5-10-30)40(51)39(50)23-46-15-17-56-18-16-46/h6-8,11-14,22,27,30,33,35,37-40,50-51H,3-5,9-10,15-21,23-26,43H2,1-2H3,(H,45,52)/t33-,35?,37+,38+,39+,40-/m1/s1. The number of amides is 1. The van der Waals surface area contributed by atoms with E-state index in [9.17, 15) is 37.8 Å². The summed E-state index contributed by atoms with van der Waals surface area (Å²) in [6.07, 6.45) is 4.75. The molecule has 5 N–H and O–H groups in total. The molecule has 3 aromatic rings. The Morgan fingerprint density at radius 2 is 1.68 bits per heavy atom. The van der Waals surface area contributed by atoms with Gasteiger partial charge in [-0.25, -0.2) is 13.4 Å². The van der Waals surface area contributed by atoms with Gasteiger partial charge in [-0.3, -0.25) is 28.6 Å². The summed E-state index contributed by atoms with van der Waals surface area (Å²) >= 11 is 0. The van der Waals surface area contributed by atoms with Gasteiger partial charge in [0.25, 0.3) is 0 Å². The molecule has 1 amide bonds. The van der Waals surface area contributed by atoms with E-state index in [0.717, 1.165) is 62.3 Å². The van der Waals surface area contributed by atoms with Crippen LogP contribution in [-0.2, 0) is 51.3 Å². The van der Waals surface area contributed by atoms with Crippen LogP contribution in [0.5, 0.6) is 0 Å². The van der Waals surface area contributed by atoms with Gasteiger partial charge in [0.2, 0.25) is 11.8 Å². The van der Waals surface area contributed by atoms with Gasteiger partial charge in [0.15, 0.2) is 9.84 Å². The van der Waals surface area contributed by atoms with E-state index in [1.165, 1.54) is 17.1 Å². The van der Waals surface area contributed by atoms with Gasteiger partial charge >= 0.3 is 11.9 Å². The van der Waals surface area contributed by atoms with Gasteiger partial charge in [0.1, 0.15) is 25.1 Å². The van der Waals surface area contributed by atoms with Crippen molar-refractivity contribution in [3.05, 3.63) is 66.2 Å². The second-order valence-corrected chi connectivity index (χ2v) is 18.1. The second kappa shape index (κ2) is 21.8. The number of nitrogens with one attached hydrogen (secondary N) is 1. The Labute approximate surface area is 345 Å². The molecule has 17 heteroatoms. The van der Waals surface area contributed by atoms with E-state index in [0.29, 0.717) is 38.4 Å². The Morgan fingerprint density at radius 3 is 2.39 bits per heavy atom. The molecule has 1 aliphatic heterocycles. The van der Waals surface area contributed by atoms with Crippen molar-refractivity contribution < 1.29 is 52.0 Å². The van der Waals surface area contributed by atoms with Gasteiger partial charge in [-0.15, -0.1) is 0 Å². The van der Waals surface area contributed by atoms with E-state index in [1.807, 2.05) is 47.4 Å². The van der Waals surface area contributed by atoms with Crippen molar-refractivity contribution in [2.24, 2.45) is 17.6 Å². The van der Waals surface area contributed by atoms with Crippen LogP contribution in [-0.4, -0.2) is 138 Å². The number of aliphatic hydroxyl groups excluding tert-OH is 2. The smallest absolute Gasteiger partial charge is 0.303 e. The number of benzene rings is 2. The maximum absolute atomic E-state index is 14.2. The monoisotopic (exact) mass is 841 g/mol. The number of hydrogen-bond acceptors (Lipinski definition) is 14. The highest BCUT2D eigenvalue weighted by molar-refractivity contribution is 7.91. The van der Waals surface area contributed by atoms with E-state index in [2.05, 4.69) is 10.3 Å². The molecule has 1 saturated carbocycles. The third-order valence-electron chi connectivity index (χ3n) is 11.0. The zero-order valence-electron chi connectivity index (χ0n) is 33.9. The molecule has 1 unspecified atom stereocenters. The molecule has 16 nitrogen and oxygen atoms in total. The number of aromatic nitrogens is 2. The first kappa shape index (κ1) is 45.8. The molecular formula is C42H59N5O11S. The summed E-state index contributed by atoms with van der Waals surface area (Å²) in [7, 11) is -4.11. The summed E-state index contributed by atoms with van der Waals surface area (Å²) in [4.78, 5) is 57.4. The number of nitrogens with two attached hydrogens (primary N) is 1. The predicted molar refractivity (Wildman–Crippen MR) is 219 cm³/mol. The van der Waals surface area contributed by atoms with E-state index < -0.39 is 88.0 Å². The van der Waals surface area contributed by atoms with Gasteiger partial charge in [-0.1, -0.05) is 74.6 Å². The molecule has 2 aliphatic rings. The van der Waals surface area contributed by atoms with Crippen LogP contribution < -0.4 is 11.1 Å². The molecule has 5 rings (SSSR count). The van der Waals surface area contributed by atoms with Gasteiger partial charge in [0, 0.05) is 46.1 Å². The number of fused-ring (bicyclic) bond motifs is 1. The summed E-state index contributed by atoms with van der Waals surface area (Å²) in [5.74, 6) is -4.69. The lowest BCUT2D eigenvalue weighted by atomic mass is 9.83. The average Bonchev–Trinajstić information content (AvgIpc) is 3.67. The van der Waals surface area contributed by atoms with Gasteiger partial charge < -0.3 is 35.5 Å². The minimum atomic E-state index is -4.11. The topological polar surface area (TPSA) is 230 Å². The number of β-amino-alcohol motifs (C(OH)–C–C–N with tert-alkyl or cyclic N) is 1. The number of aliphatic hydroxyl groups is 2. The highest BCUT2D eigenvalue weighted by Crippen LogP contribution is 2.29. The van der Waals surface area contributed by atoms with Crippen LogP contribution in [0, 0.1) is 11.8 Å². The number of ether oxygens (including phenoxy) is 3. The van der Waals surface area contributed by atoms with Crippen molar-refractivity contribution in [1.82, 2.24) is 19.8 Å². The molecule has 324 valence electrons. The fraction of sp³-hybridized carbons (Fsp3) is 0.595. The third-order valence-corrected chi connectivity index (χ3v) is 12.8. The fourth-order valence-electron chi connectivity index (χ4n) is 8.07. The summed E-state index contributed by atoms with van der Waals surface area (Å²) in [5, 5.41) is 27.1. The predicted octanol–water partition coefficient (Wildman–Crippen LogP) is 1.82. The van der Waals surface area contributed by atoms with Gasteiger partial charge in [-0.2, -0.15) is 0 Å². The normalized spacial score (nSPS) is 18.6. The molecule has 0 spiro atoms. The van der Waals surface area contributed by atoms with Gasteiger partial charge in [-0.05, 0) is 35.1 Å². The Hall–Kier alpha value is -4.26. The molecular weight excluding hydrogens is 783 g/mol. The molecule has 6 atom stereocenters. The van der Waals surface area contributed by atoms with Crippen LogP contribution >= 0.6 is 0 Å². The minimum absolute atomic E-state index is 0.0408. The van der Waals surface area contributed by atoms with Crippen molar-refractivity contribution in [3.63, 3.8) is 0 Å². The second-order valence-electron chi connectivity index (χ2n) is 15.9. The van der Waals surface area contributed by atoms with Crippen molar-refractivity contribution in [2.45, 2.75) is 95.6 Å². The zero-order valence-corrected chi connectivity index (χ0v) is 34.8. The van der Waals surface area contributed by atoms with Crippen LogP contribution in [0.25, 0.3) is 10.8 Å². The summed E-state index contributed by atoms with van der Waals surface area (Å²) in [6, 6.07) is 11.3. The molecule has 59 heavy (non-hydrogen) atoms. The first-order valence-electron chi connectivity index (χ1n) is 20.4. The van der Waals surface area contributed by atoms with Crippen LogP contribution in [0.3, 0.4) is 0 Å². The maximum atomic E-state index is 14.2. The number of nitrogens with zero attached hydrogens (tertiary/aromatic N) is 3. The van der Waals surface area contributed by atoms with Crippen LogP contribution in [0.15, 0.2) is 55.0 Å². The summed E-state index contributed by atoms with van der Waals surface area (Å²) in [5.41, 5.74) is 7.45. The van der Waals surface area contributed by atoms with Gasteiger partial charge in [0.05, 0.1) is 54.5 Å². The maximum Gasteiger partial charge on any atom is 0.303 e. The van der Waals surface area contributed by atoms with E-state index in [1.54, 1.807) is 0 Å². The lowest BCUT2D eigenvalue weighted by Gasteiger charge is -2.35. The highest BCUT2D eigenvalue weighted by Gasteiger charge is 2.34. The molecule has 0 bridgehead atoms. The SMILES string of the molecule is CC(=O)OCC(CS(=O)(=O)C[C@@H](Cc1cccc2ccccc12)C(=O)n1cnc(C[C@H](N)C(=O)N[C@@H](CC2CCCCC2)[C@@H](O)[C@@H](O)CN2CCOCC2)c1)OC(C)=O. The Morgan fingerprint density at radius 1 is 0.966 bits per heavy atom. The Balaban J connectivity index is 1.30. The van der Waals surface area contributed by atoms with Crippen LogP contribution in [0.1, 0.15) is 68.4 Å². The quantitative estimate of drug-likeness (QED) is 0.119. The van der Waals surface area contributed by atoms with E-state index in [4.69, 9.17) is 19.9 Å². The number of esters is 2. The van der Waals surface area contributed by atoms with Crippen molar-refractivity contribution in [3.8, 4) is 0 Å². The number of sulfone groups is 1. The molecule has 1 aromatic heterocycles. The molecule has 1 aliphatic carbocycles. The van der Waals surface area contributed by atoms with Crippen molar-refractivity contribution in [1.29, 1.82) is 0 Å². The molecule has 2 fully saturated rings. The van der Waals surface area contributed by atoms with Crippen molar-refractivity contribution >= 4 is 44.4 Å². The average molecular weight is 842 g/mol. The Bertz CT molecular complexity index is 1970. The summed E-state index contributed by atoms with van der Waals surface area (Å²) < 4.78 is 44.1. The number of carbonyl (C=O) groups is 4. The molecule has 2 heterocycles. The first-order chi connectivity index (χ1) is 28.2. The number of imidazole rings is 1. The van der Waals surface area contributed by atoms with E-state index >= 15 is 0 Å². The van der Waals surface area contributed by atoms with Crippen molar-refractivity contribution in [2.75, 3.05) is 51.0 Å². The number of rotatable bonds is 20. The highest BCUT2D eigenvalue weighted by atomic mass is 32.2. The molecule has 2 aromatic carbocycles. The van der Waals surface area contributed by atoms with Crippen LogP contribution in [0.2, 0.25) is 0 Å². The van der Waals surface area contributed by atoms with Crippen LogP contribution in [0.4, 0.5) is 0 Å². The largest absolute Gasteiger partial charge is 0.462 e. The third kappa shape index (κ3) is 14.2. The number of carbonyl (C=O) groups excluding carboxylic acids is 4. The minimum Gasteiger partial charge on any atom is -0.462 e. The molecule has 1 saturated heterocycles. The lowest BCUT2D eigenvalue weighted by molar-refractivity contribution is -0.154. The molecule has 0 radical (unpaired) electrons. The number of morpholine rings is 1. The Kier molecular flexibility index (Phi) is 17.0. The lowest BCUT2D eigenvalue weighted by Crippen LogP contribution is -2.56. The first-order valence-corrected chi connectivity index (χ1v) is 22.3.